The third-order valence-electron chi connectivity index (χ3n) is 8.84. The quantitative estimate of drug-likeness (QED) is 0.458. The number of rotatable bonds is 4. The number of aliphatic hydroxyl groups is 3. The third-order valence-corrected chi connectivity index (χ3v) is 8.84. The Balaban J connectivity index is 2.38. The maximum atomic E-state index is 13.4. The van der Waals surface area contributed by atoms with E-state index in [1.807, 2.05) is 46.6 Å². The van der Waals surface area contributed by atoms with Gasteiger partial charge in [0.25, 0.3) is 0 Å². The van der Waals surface area contributed by atoms with E-state index in [0.29, 0.717) is 38.6 Å². The number of cyclic esters (lactones) is 1. The van der Waals surface area contributed by atoms with Crippen molar-refractivity contribution in [2.24, 2.45) is 11.8 Å². The molecule has 2 aliphatic heterocycles. The summed E-state index contributed by atoms with van der Waals surface area (Å²) in [4.78, 5) is 15.4. The Kier molecular flexibility index (Phi) is 11.6. The van der Waals surface area contributed by atoms with E-state index in [4.69, 9.17) is 18.9 Å². The molecule has 0 amide bonds. The Hall–Kier alpha value is -0.810. The molecule has 38 heavy (non-hydrogen) atoms. The number of methoxy groups -OCH3 is 1. The maximum Gasteiger partial charge on any atom is 0.311 e. The van der Waals surface area contributed by atoms with Crippen LogP contribution in [-0.2, 0) is 23.7 Å². The Morgan fingerprint density at radius 3 is 2.29 bits per heavy atom. The first kappa shape index (κ1) is 33.4. The summed E-state index contributed by atoms with van der Waals surface area (Å²) >= 11 is 0. The lowest BCUT2D eigenvalue weighted by Crippen LogP contribution is -2.59. The van der Waals surface area contributed by atoms with Crippen molar-refractivity contribution in [3.05, 3.63) is 0 Å². The van der Waals surface area contributed by atoms with Crippen molar-refractivity contribution >= 4 is 5.97 Å². The summed E-state index contributed by atoms with van der Waals surface area (Å²) in [5, 5.41) is 33.8. The predicted octanol–water partition coefficient (Wildman–Crippen LogP) is 3.26. The third kappa shape index (κ3) is 8.59. The summed E-state index contributed by atoms with van der Waals surface area (Å²) < 4.78 is 24.1. The second-order valence-corrected chi connectivity index (χ2v) is 12.9. The van der Waals surface area contributed by atoms with Gasteiger partial charge in [0.15, 0.2) is 6.29 Å². The summed E-state index contributed by atoms with van der Waals surface area (Å²) in [6.45, 7) is 15.5. The molecule has 0 unspecified atom stereocenters. The monoisotopic (exact) mass is 545 g/mol. The second-order valence-electron chi connectivity index (χ2n) is 12.9. The lowest BCUT2D eigenvalue weighted by molar-refractivity contribution is -0.260. The van der Waals surface area contributed by atoms with Crippen LogP contribution in [0.25, 0.3) is 0 Å². The van der Waals surface area contributed by atoms with E-state index in [-0.39, 0.29) is 12.0 Å². The molecular weight excluding hydrogens is 490 g/mol. The summed E-state index contributed by atoms with van der Waals surface area (Å²) in [5.41, 5.74) is -3.05. The molecule has 11 atom stereocenters. The zero-order chi connectivity index (χ0) is 29.1. The topological polar surface area (TPSA) is 118 Å². The number of carbonyl (C=O) groups is 1. The molecule has 0 spiro atoms. The van der Waals surface area contributed by atoms with Gasteiger partial charge in [0.2, 0.25) is 0 Å². The fourth-order valence-corrected chi connectivity index (χ4v) is 6.24. The van der Waals surface area contributed by atoms with Gasteiger partial charge in [-0.3, -0.25) is 4.79 Å². The van der Waals surface area contributed by atoms with Crippen molar-refractivity contribution in [2.75, 3.05) is 20.7 Å². The molecule has 0 aromatic carbocycles. The van der Waals surface area contributed by atoms with Gasteiger partial charge in [0.05, 0.1) is 29.3 Å². The highest BCUT2D eigenvalue weighted by Crippen LogP contribution is 2.35. The number of aliphatic hydroxyl groups excluding tert-OH is 1. The Labute approximate surface area is 230 Å². The molecule has 2 saturated heterocycles. The minimum absolute atomic E-state index is 0.0767. The first-order chi connectivity index (χ1) is 17.4. The van der Waals surface area contributed by atoms with Gasteiger partial charge in [-0.2, -0.15) is 0 Å². The molecule has 0 radical (unpaired) electrons. The van der Waals surface area contributed by atoms with E-state index in [1.165, 1.54) is 6.92 Å². The average Bonchev–Trinajstić information content (AvgIpc) is 2.81. The molecule has 2 heterocycles. The molecule has 0 bridgehead atoms. The van der Waals surface area contributed by atoms with Crippen LogP contribution in [0.4, 0.5) is 0 Å². The van der Waals surface area contributed by atoms with E-state index < -0.39 is 59.3 Å². The second kappa shape index (κ2) is 13.2. The van der Waals surface area contributed by atoms with Crippen molar-refractivity contribution in [3.8, 4) is 0 Å². The van der Waals surface area contributed by atoms with Crippen molar-refractivity contribution in [1.29, 1.82) is 0 Å². The van der Waals surface area contributed by atoms with Gasteiger partial charge in [0.1, 0.15) is 17.8 Å². The Morgan fingerprint density at radius 1 is 1.08 bits per heavy atom. The molecule has 0 aromatic heterocycles. The van der Waals surface area contributed by atoms with Crippen LogP contribution in [-0.4, -0.2) is 100 Å². The lowest BCUT2D eigenvalue weighted by Gasteiger charge is -2.42. The number of ether oxygens (including phenoxy) is 4. The standard InChI is InChI=1S/C29H55NO8/c1-11-23-29(8,34)25(31)21(5)30(9)17-18(2)14-27(6,33)13-12-22(20(4)26(32)38-23)37-24-16-28(7,35-10)15-19(3)36-24/h18-25,31,33-34H,11-17H2,1-10H3/t18-,19+,20-,21-,22+,23-,24+,25-,27+,28+,29-/m1/s1. The number of hydrogen-bond acceptors (Lipinski definition) is 9. The van der Waals surface area contributed by atoms with Gasteiger partial charge in [-0.15, -0.1) is 0 Å². The van der Waals surface area contributed by atoms with Gasteiger partial charge < -0.3 is 39.2 Å². The zero-order valence-electron chi connectivity index (χ0n) is 25.4. The molecule has 2 rings (SSSR count). The van der Waals surface area contributed by atoms with Gasteiger partial charge in [0, 0.05) is 32.5 Å². The highest BCUT2D eigenvalue weighted by molar-refractivity contribution is 5.73. The minimum Gasteiger partial charge on any atom is -0.459 e. The summed E-state index contributed by atoms with van der Waals surface area (Å²) in [6, 6.07) is -0.399. The molecule has 9 heteroatoms. The maximum absolute atomic E-state index is 13.4. The Bertz CT molecular complexity index is 761. The van der Waals surface area contributed by atoms with Gasteiger partial charge in [-0.05, 0) is 80.2 Å². The summed E-state index contributed by atoms with van der Waals surface area (Å²) in [6.07, 6.45) is -0.308. The normalized spacial score (nSPS) is 47.1. The van der Waals surface area contributed by atoms with Gasteiger partial charge in [-0.1, -0.05) is 13.8 Å². The largest absolute Gasteiger partial charge is 0.459 e. The van der Waals surface area contributed by atoms with E-state index in [0.717, 1.165) is 6.42 Å². The van der Waals surface area contributed by atoms with E-state index in [9.17, 15) is 20.1 Å². The van der Waals surface area contributed by atoms with Crippen LogP contribution in [0.15, 0.2) is 0 Å². The van der Waals surface area contributed by atoms with Crippen LogP contribution < -0.4 is 0 Å². The van der Waals surface area contributed by atoms with Crippen molar-refractivity contribution in [2.45, 2.75) is 147 Å². The number of likely N-dealkylation sites (N-methyl/N-ethyl adjacent to an activating group) is 1. The molecule has 0 aliphatic carbocycles. The van der Waals surface area contributed by atoms with Crippen molar-refractivity contribution in [1.82, 2.24) is 4.90 Å². The SMILES string of the molecule is CC[C@H]1OC(=O)[C@H](C)[C@@H](O[C@H]2C[C@@](C)(OC)C[C@H](C)O2)CC[C@](C)(O)C[C@@H](C)CN(C)[C@H](C)[C@@H](O)[C@]1(C)O. The van der Waals surface area contributed by atoms with E-state index >= 15 is 0 Å². The molecule has 2 aliphatic rings. The first-order valence-corrected chi connectivity index (χ1v) is 14.3. The van der Waals surface area contributed by atoms with Gasteiger partial charge >= 0.3 is 5.97 Å². The summed E-state index contributed by atoms with van der Waals surface area (Å²) in [7, 11) is 3.58. The van der Waals surface area contributed by atoms with E-state index in [1.54, 1.807) is 14.0 Å². The van der Waals surface area contributed by atoms with Crippen LogP contribution in [0.3, 0.4) is 0 Å². The van der Waals surface area contributed by atoms with Crippen molar-refractivity contribution < 1.29 is 39.1 Å². The van der Waals surface area contributed by atoms with Crippen LogP contribution in [0.1, 0.15) is 93.9 Å². The lowest BCUT2D eigenvalue weighted by atomic mass is 9.85. The number of esters is 1. The molecule has 3 N–H and O–H groups in total. The highest BCUT2D eigenvalue weighted by Gasteiger charge is 2.46. The van der Waals surface area contributed by atoms with Crippen molar-refractivity contribution in [3.63, 3.8) is 0 Å². The van der Waals surface area contributed by atoms with Crippen LogP contribution in [0, 0.1) is 11.8 Å². The number of hydrogen-bond donors (Lipinski definition) is 3. The molecule has 9 nitrogen and oxygen atoms in total. The average molecular weight is 546 g/mol. The summed E-state index contributed by atoms with van der Waals surface area (Å²) in [5.74, 6) is -1.08. The Morgan fingerprint density at radius 2 is 1.71 bits per heavy atom. The van der Waals surface area contributed by atoms with Crippen LogP contribution >= 0.6 is 0 Å². The predicted molar refractivity (Wildman–Crippen MR) is 146 cm³/mol. The highest BCUT2D eigenvalue weighted by atomic mass is 16.7. The first-order valence-electron chi connectivity index (χ1n) is 14.3. The number of nitrogens with zero attached hydrogens (tertiary/aromatic N) is 1. The molecule has 0 saturated carbocycles. The molecular formula is C29H55NO8. The fraction of sp³-hybridized carbons (Fsp3) is 0.966. The smallest absolute Gasteiger partial charge is 0.311 e. The molecule has 224 valence electrons. The fourth-order valence-electron chi connectivity index (χ4n) is 6.24. The van der Waals surface area contributed by atoms with E-state index in [2.05, 4.69) is 6.92 Å². The zero-order valence-corrected chi connectivity index (χ0v) is 25.4. The van der Waals surface area contributed by atoms with Crippen LogP contribution in [0.5, 0.6) is 0 Å². The van der Waals surface area contributed by atoms with Gasteiger partial charge in [-0.25, -0.2) is 0 Å². The van der Waals surface area contributed by atoms with Crippen LogP contribution in [0.2, 0.25) is 0 Å². The number of carbonyl (C=O) groups excluding carboxylic acids is 1. The molecule has 0 aromatic rings. The molecule has 2 fully saturated rings. The minimum atomic E-state index is -1.66.